The minimum Gasteiger partial charge on any atom is -0.435 e. The normalized spacial score (nSPS) is 13.0. The quantitative estimate of drug-likeness (QED) is 0.157. The molecule has 1 unspecified atom stereocenters. The van der Waals surface area contributed by atoms with E-state index >= 15 is 0 Å². The maximum atomic E-state index is 12.3. The molecule has 1 aromatic rings. The first kappa shape index (κ1) is 29.8. The van der Waals surface area contributed by atoms with Gasteiger partial charge in [-0.05, 0) is 58.2 Å². The van der Waals surface area contributed by atoms with Crippen LogP contribution < -0.4 is 4.74 Å². The van der Waals surface area contributed by atoms with Crippen molar-refractivity contribution in [2.75, 3.05) is 13.2 Å². The molecule has 0 aliphatic heterocycles. The zero-order valence-electron chi connectivity index (χ0n) is 21.9. The number of allylic oxidation sites excluding steroid dienone is 1. The monoisotopic (exact) mass is 494 g/mol. The number of hydrogen-bond acceptors (Lipinski definition) is 9. The van der Waals surface area contributed by atoms with Crippen molar-refractivity contribution in [2.45, 2.75) is 79.1 Å². The van der Waals surface area contributed by atoms with E-state index in [4.69, 9.17) is 28.4 Å². The summed E-state index contributed by atoms with van der Waals surface area (Å²) < 4.78 is 31.2. The molecule has 0 fully saturated rings. The van der Waals surface area contributed by atoms with Gasteiger partial charge in [-0.15, -0.1) is 0 Å². The third-order valence-corrected chi connectivity index (χ3v) is 5.01. The maximum absolute atomic E-state index is 12.3. The fourth-order valence-electron chi connectivity index (χ4n) is 2.42. The summed E-state index contributed by atoms with van der Waals surface area (Å²) in [6.07, 6.45) is 0.396. The average molecular weight is 495 g/mol. The molecule has 0 bridgehead atoms. The average Bonchev–Trinajstić information content (AvgIpc) is 2.71. The van der Waals surface area contributed by atoms with Gasteiger partial charge in [-0.3, -0.25) is 0 Å². The second kappa shape index (κ2) is 13.0. The molecule has 0 N–H and O–H groups in total. The second-order valence-electron chi connectivity index (χ2n) is 9.84. The van der Waals surface area contributed by atoms with Crippen LogP contribution in [0.25, 0.3) is 0 Å². The Hall–Kier alpha value is -3.23. The smallest absolute Gasteiger partial charge is 0.435 e. The molecule has 0 aliphatic rings. The van der Waals surface area contributed by atoms with Crippen LogP contribution in [0, 0.1) is 5.41 Å². The van der Waals surface area contributed by atoms with Crippen molar-refractivity contribution in [3.8, 4) is 5.75 Å². The zero-order chi connectivity index (χ0) is 26.7. The molecule has 1 atom stereocenters. The number of carbonyl (C=O) groups excluding carboxylic acids is 3. The highest BCUT2D eigenvalue weighted by molar-refractivity contribution is 5.64. The molecule has 1 aromatic carbocycles. The lowest BCUT2D eigenvalue weighted by molar-refractivity contribution is -0.142. The van der Waals surface area contributed by atoms with Gasteiger partial charge < -0.3 is 28.4 Å². The number of ether oxygens (including phenoxy) is 6. The zero-order valence-corrected chi connectivity index (χ0v) is 21.9. The van der Waals surface area contributed by atoms with Crippen LogP contribution in [0.15, 0.2) is 42.5 Å². The molecule has 9 nitrogen and oxygen atoms in total. The summed E-state index contributed by atoms with van der Waals surface area (Å²) in [4.78, 5) is 36.2. The van der Waals surface area contributed by atoms with Crippen molar-refractivity contribution >= 4 is 18.5 Å². The second-order valence-corrected chi connectivity index (χ2v) is 9.84. The summed E-state index contributed by atoms with van der Waals surface area (Å²) in [6, 6.07) is 8.54. The summed E-state index contributed by atoms with van der Waals surface area (Å²) in [7, 11) is 0. The number of para-hydroxylation sites is 1. The number of hydrogen-bond donors (Lipinski definition) is 0. The summed E-state index contributed by atoms with van der Waals surface area (Å²) >= 11 is 0. The summed E-state index contributed by atoms with van der Waals surface area (Å²) in [5.41, 5.74) is -2.57. The van der Waals surface area contributed by atoms with Crippen LogP contribution in [-0.4, -0.2) is 49.0 Å². The predicted molar refractivity (Wildman–Crippen MR) is 129 cm³/mol. The molecule has 0 aliphatic carbocycles. The molecule has 0 aromatic heterocycles. The van der Waals surface area contributed by atoms with Crippen LogP contribution in [0.4, 0.5) is 14.4 Å². The van der Waals surface area contributed by atoms with Gasteiger partial charge in [0, 0.05) is 6.42 Å². The van der Waals surface area contributed by atoms with Crippen molar-refractivity contribution in [3.05, 3.63) is 42.5 Å². The van der Waals surface area contributed by atoms with E-state index in [1.165, 1.54) is 0 Å². The van der Waals surface area contributed by atoms with E-state index in [1.807, 2.05) is 26.8 Å². The maximum Gasteiger partial charge on any atom is 0.514 e. The van der Waals surface area contributed by atoms with Crippen LogP contribution in [0.5, 0.6) is 5.75 Å². The topological polar surface area (TPSA) is 107 Å². The van der Waals surface area contributed by atoms with Gasteiger partial charge in [0.2, 0.25) is 0 Å². The van der Waals surface area contributed by atoms with Crippen LogP contribution in [0.3, 0.4) is 0 Å². The Kier molecular flexibility index (Phi) is 11.1. The van der Waals surface area contributed by atoms with Crippen LogP contribution in [-0.2, 0) is 23.7 Å². The molecule has 196 valence electrons. The Labute approximate surface area is 207 Å². The Morgan fingerprint density at radius 1 is 0.829 bits per heavy atom. The lowest BCUT2D eigenvalue weighted by Gasteiger charge is -2.38. The third-order valence-electron chi connectivity index (χ3n) is 5.01. The Balaban J connectivity index is 2.69. The minimum atomic E-state index is -1.22. The Morgan fingerprint density at radius 2 is 1.37 bits per heavy atom. The highest BCUT2D eigenvalue weighted by Crippen LogP contribution is 2.30. The van der Waals surface area contributed by atoms with E-state index in [-0.39, 0.29) is 25.0 Å². The third kappa shape index (κ3) is 11.6. The molecule has 0 saturated heterocycles. The molecule has 0 radical (unpaired) electrons. The SMILES string of the molecule is CCOC(=O)OC(C)(C)C(C)(C)OC(=O)OCCC(C=CC(C)(C)C)OC(=O)Oc1ccccc1. The fourth-order valence-corrected chi connectivity index (χ4v) is 2.42. The number of carbonyl (C=O) groups is 3. The van der Waals surface area contributed by atoms with Crippen molar-refractivity contribution in [1.82, 2.24) is 0 Å². The van der Waals surface area contributed by atoms with Gasteiger partial charge in [-0.2, -0.15) is 0 Å². The highest BCUT2D eigenvalue weighted by atomic mass is 16.8. The molecule has 0 saturated carbocycles. The van der Waals surface area contributed by atoms with Gasteiger partial charge in [0.1, 0.15) is 23.1 Å². The number of benzene rings is 1. The van der Waals surface area contributed by atoms with Gasteiger partial charge in [0.15, 0.2) is 0 Å². The standard InChI is InChI=1S/C26H38O9/c1-9-30-21(27)34-25(5,6)26(7,8)35-22(28)31-18-16-20(15-17-24(2,3)4)33-23(29)32-19-13-11-10-12-14-19/h10-15,17,20H,9,16,18H2,1-8H3. The highest BCUT2D eigenvalue weighted by Gasteiger charge is 2.45. The van der Waals surface area contributed by atoms with Crippen molar-refractivity contribution in [2.24, 2.45) is 5.41 Å². The first-order valence-electron chi connectivity index (χ1n) is 11.5. The van der Waals surface area contributed by atoms with Gasteiger partial charge in [0.05, 0.1) is 13.2 Å². The lowest BCUT2D eigenvalue weighted by Crippen LogP contribution is -2.51. The minimum absolute atomic E-state index is 0.0914. The largest absolute Gasteiger partial charge is 0.514 e. The molecule has 0 spiro atoms. The van der Waals surface area contributed by atoms with Crippen LogP contribution in [0.1, 0.15) is 61.8 Å². The first-order chi connectivity index (χ1) is 16.1. The van der Waals surface area contributed by atoms with Crippen molar-refractivity contribution in [1.29, 1.82) is 0 Å². The molecule has 0 amide bonds. The van der Waals surface area contributed by atoms with Gasteiger partial charge in [-0.1, -0.05) is 45.0 Å². The van der Waals surface area contributed by atoms with Crippen molar-refractivity contribution < 1.29 is 42.8 Å². The fraction of sp³-hybridized carbons (Fsp3) is 0.577. The van der Waals surface area contributed by atoms with Crippen LogP contribution in [0.2, 0.25) is 0 Å². The van der Waals surface area contributed by atoms with Crippen LogP contribution >= 0.6 is 0 Å². The molecule has 35 heavy (non-hydrogen) atoms. The predicted octanol–water partition coefficient (Wildman–Crippen LogP) is 6.45. The van der Waals surface area contributed by atoms with Gasteiger partial charge in [0.25, 0.3) is 0 Å². The van der Waals surface area contributed by atoms with E-state index in [2.05, 4.69) is 0 Å². The first-order valence-corrected chi connectivity index (χ1v) is 11.5. The van der Waals surface area contributed by atoms with Crippen molar-refractivity contribution in [3.63, 3.8) is 0 Å². The van der Waals surface area contributed by atoms with E-state index in [0.29, 0.717) is 5.75 Å². The molecular formula is C26H38O9. The van der Waals surface area contributed by atoms with E-state index in [9.17, 15) is 14.4 Å². The molecule has 1 rings (SSSR count). The van der Waals surface area contributed by atoms with E-state index < -0.39 is 35.8 Å². The lowest BCUT2D eigenvalue weighted by atomic mass is 9.89. The number of rotatable bonds is 10. The summed E-state index contributed by atoms with van der Waals surface area (Å²) in [6.45, 7) is 14.1. The van der Waals surface area contributed by atoms with Gasteiger partial charge >= 0.3 is 18.5 Å². The van der Waals surface area contributed by atoms with E-state index in [0.717, 1.165) is 0 Å². The molecule has 0 heterocycles. The molecular weight excluding hydrogens is 456 g/mol. The van der Waals surface area contributed by atoms with Gasteiger partial charge in [-0.25, -0.2) is 14.4 Å². The summed E-state index contributed by atoms with van der Waals surface area (Å²) in [5.74, 6) is 0.353. The Bertz CT molecular complexity index is 851. The molecule has 9 heteroatoms. The van der Waals surface area contributed by atoms with E-state index in [1.54, 1.807) is 71.0 Å². The summed E-state index contributed by atoms with van der Waals surface area (Å²) in [5, 5.41) is 0. The Morgan fingerprint density at radius 3 is 1.89 bits per heavy atom.